The number of hydrogen-bond donors (Lipinski definition) is 1. The third-order valence-corrected chi connectivity index (χ3v) is 4.60. The van der Waals surface area contributed by atoms with E-state index in [4.69, 9.17) is 5.73 Å². The van der Waals surface area contributed by atoms with Crippen molar-refractivity contribution in [3.8, 4) is 0 Å². The molecular formula is C16H31N5. The Kier molecular flexibility index (Phi) is 5.07. The second-order valence-electron chi connectivity index (χ2n) is 7.16. The van der Waals surface area contributed by atoms with Crippen molar-refractivity contribution < 1.29 is 0 Å². The summed E-state index contributed by atoms with van der Waals surface area (Å²) < 4.78 is 1.87. The van der Waals surface area contributed by atoms with Crippen molar-refractivity contribution in [2.45, 2.75) is 51.7 Å². The molecule has 1 fully saturated rings. The average Bonchev–Trinajstić information content (AvgIpc) is 2.84. The third-order valence-electron chi connectivity index (χ3n) is 4.60. The van der Waals surface area contributed by atoms with E-state index in [0.717, 1.165) is 32.6 Å². The number of nitrogens with zero attached hydrogens (tertiary/aromatic N) is 4. The van der Waals surface area contributed by atoms with Gasteiger partial charge in [-0.1, -0.05) is 6.92 Å². The van der Waals surface area contributed by atoms with E-state index in [1.807, 2.05) is 17.9 Å². The Bertz CT molecular complexity index is 440. The molecule has 2 N–H and O–H groups in total. The second-order valence-corrected chi connectivity index (χ2v) is 7.16. The smallest absolute Gasteiger partial charge is 0.0538 e. The molecule has 0 radical (unpaired) electrons. The molecule has 5 nitrogen and oxygen atoms in total. The molecule has 120 valence electrons. The number of hydrogen-bond acceptors (Lipinski definition) is 4. The van der Waals surface area contributed by atoms with Crippen molar-refractivity contribution in [3.05, 3.63) is 18.0 Å². The molecular weight excluding hydrogens is 262 g/mol. The van der Waals surface area contributed by atoms with Gasteiger partial charge in [0.15, 0.2) is 0 Å². The predicted octanol–water partition coefficient (Wildman–Crippen LogP) is 1.61. The van der Waals surface area contributed by atoms with Gasteiger partial charge in [0.05, 0.1) is 12.2 Å². The molecule has 1 aliphatic rings. The van der Waals surface area contributed by atoms with E-state index in [0.29, 0.717) is 0 Å². The van der Waals surface area contributed by atoms with Crippen LogP contribution in [0.25, 0.3) is 0 Å². The molecule has 2 atom stereocenters. The maximum atomic E-state index is 6.42. The van der Waals surface area contributed by atoms with Crippen LogP contribution in [-0.2, 0) is 7.05 Å². The van der Waals surface area contributed by atoms with Gasteiger partial charge in [-0.3, -0.25) is 14.5 Å². The zero-order chi connectivity index (χ0) is 15.6. The van der Waals surface area contributed by atoms with Crippen LogP contribution in [0.3, 0.4) is 0 Å². The van der Waals surface area contributed by atoms with Crippen molar-refractivity contribution >= 4 is 0 Å². The highest BCUT2D eigenvalue weighted by Gasteiger charge is 2.32. The van der Waals surface area contributed by atoms with Gasteiger partial charge in [-0.05, 0) is 27.2 Å². The van der Waals surface area contributed by atoms with Gasteiger partial charge < -0.3 is 5.73 Å². The molecule has 2 unspecified atom stereocenters. The molecule has 0 spiro atoms. The second kappa shape index (κ2) is 6.46. The van der Waals surface area contributed by atoms with E-state index in [2.05, 4.69) is 48.8 Å². The van der Waals surface area contributed by atoms with Crippen LogP contribution in [0.5, 0.6) is 0 Å². The summed E-state index contributed by atoms with van der Waals surface area (Å²) in [6, 6.07) is 0.446. The SMILES string of the molecule is CCC(N)C(c1cnn(C)c1)N1CCN(C(C)(C)C)CC1. The van der Waals surface area contributed by atoms with Gasteiger partial charge in [-0.15, -0.1) is 0 Å². The van der Waals surface area contributed by atoms with Crippen LogP contribution < -0.4 is 5.73 Å². The maximum Gasteiger partial charge on any atom is 0.0538 e. The lowest BCUT2D eigenvalue weighted by Gasteiger charge is -2.45. The third kappa shape index (κ3) is 3.84. The zero-order valence-corrected chi connectivity index (χ0v) is 14.2. The first kappa shape index (κ1) is 16.5. The highest BCUT2D eigenvalue weighted by molar-refractivity contribution is 5.14. The first-order valence-corrected chi connectivity index (χ1v) is 8.06. The lowest BCUT2D eigenvalue weighted by molar-refractivity contribution is 0.0352. The Labute approximate surface area is 129 Å². The number of aryl methyl sites for hydroxylation is 1. The molecule has 1 aromatic heterocycles. The normalized spacial score (nSPS) is 21.4. The van der Waals surface area contributed by atoms with Gasteiger partial charge in [-0.25, -0.2) is 0 Å². The molecule has 2 heterocycles. The number of aromatic nitrogens is 2. The van der Waals surface area contributed by atoms with Crippen LogP contribution >= 0.6 is 0 Å². The quantitative estimate of drug-likeness (QED) is 0.916. The molecule has 21 heavy (non-hydrogen) atoms. The highest BCUT2D eigenvalue weighted by Crippen LogP contribution is 2.27. The molecule has 0 aromatic carbocycles. The van der Waals surface area contributed by atoms with E-state index < -0.39 is 0 Å². The molecule has 0 amide bonds. The molecule has 0 bridgehead atoms. The van der Waals surface area contributed by atoms with E-state index >= 15 is 0 Å². The first-order chi connectivity index (χ1) is 9.82. The summed E-state index contributed by atoms with van der Waals surface area (Å²) in [5, 5.41) is 4.33. The maximum absolute atomic E-state index is 6.42. The van der Waals surface area contributed by atoms with Gasteiger partial charge in [0, 0.05) is 56.6 Å². The Hall–Kier alpha value is -0.910. The summed E-state index contributed by atoms with van der Waals surface area (Å²) in [4.78, 5) is 5.09. The van der Waals surface area contributed by atoms with Crippen molar-refractivity contribution in [2.75, 3.05) is 26.2 Å². The molecule has 1 aromatic rings. The van der Waals surface area contributed by atoms with Gasteiger partial charge in [0.1, 0.15) is 0 Å². The van der Waals surface area contributed by atoms with E-state index in [1.165, 1.54) is 5.56 Å². The van der Waals surface area contributed by atoms with Gasteiger partial charge in [-0.2, -0.15) is 5.10 Å². The summed E-state index contributed by atoms with van der Waals surface area (Å²) in [6.07, 6.45) is 5.06. The van der Waals surface area contributed by atoms with Crippen LogP contribution in [0.1, 0.15) is 45.7 Å². The average molecular weight is 293 g/mol. The summed E-state index contributed by atoms with van der Waals surface area (Å²) in [6.45, 7) is 13.4. The minimum Gasteiger partial charge on any atom is -0.326 e. The summed E-state index contributed by atoms with van der Waals surface area (Å²) in [7, 11) is 1.97. The standard InChI is InChI=1S/C16H31N5/c1-6-14(17)15(13-11-18-19(5)12-13)20-7-9-21(10-8-20)16(2,3)4/h11-12,14-15H,6-10,17H2,1-5H3. The fourth-order valence-electron chi connectivity index (χ4n) is 3.22. The van der Waals surface area contributed by atoms with Crippen LogP contribution in [0.15, 0.2) is 12.4 Å². The highest BCUT2D eigenvalue weighted by atomic mass is 15.3. The zero-order valence-electron chi connectivity index (χ0n) is 14.2. The summed E-state index contributed by atoms with van der Waals surface area (Å²) in [5.74, 6) is 0. The Morgan fingerprint density at radius 1 is 1.24 bits per heavy atom. The van der Waals surface area contributed by atoms with Crippen LogP contribution in [0.2, 0.25) is 0 Å². The van der Waals surface area contributed by atoms with Crippen LogP contribution in [0, 0.1) is 0 Å². The fraction of sp³-hybridized carbons (Fsp3) is 0.812. The van der Waals surface area contributed by atoms with Gasteiger partial charge in [0.25, 0.3) is 0 Å². The van der Waals surface area contributed by atoms with Crippen molar-refractivity contribution in [1.29, 1.82) is 0 Å². The lowest BCUT2D eigenvalue weighted by Crippen LogP contribution is -2.55. The van der Waals surface area contributed by atoms with E-state index in [1.54, 1.807) is 0 Å². The topological polar surface area (TPSA) is 50.3 Å². The van der Waals surface area contributed by atoms with Gasteiger partial charge >= 0.3 is 0 Å². The van der Waals surface area contributed by atoms with Crippen LogP contribution in [-0.4, -0.2) is 57.3 Å². The van der Waals surface area contributed by atoms with Crippen LogP contribution in [0.4, 0.5) is 0 Å². The minimum absolute atomic E-state index is 0.162. The Balaban J connectivity index is 2.09. The molecule has 1 aliphatic heterocycles. The number of nitrogens with two attached hydrogens (primary N) is 1. The molecule has 0 aliphatic carbocycles. The molecule has 2 rings (SSSR count). The Morgan fingerprint density at radius 2 is 1.86 bits per heavy atom. The van der Waals surface area contributed by atoms with Crippen molar-refractivity contribution in [3.63, 3.8) is 0 Å². The van der Waals surface area contributed by atoms with Gasteiger partial charge in [0.2, 0.25) is 0 Å². The Morgan fingerprint density at radius 3 is 2.29 bits per heavy atom. The van der Waals surface area contributed by atoms with Crippen molar-refractivity contribution in [1.82, 2.24) is 19.6 Å². The van der Waals surface area contributed by atoms with E-state index in [9.17, 15) is 0 Å². The van der Waals surface area contributed by atoms with E-state index in [-0.39, 0.29) is 17.6 Å². The predicted molar refractivity (Wildman–Crippen MR) is 87.1 cm³/mol. The largest absolute Gasteiger partial charge is 0.326 e. The fourth-order valence-corrected chi connectivity index (χ4v) is 3.22. The first-order valence-electron chi connectivity index (χ1n) is 8.06. The number of piperazine rings is 1. The van der Waals surface area contributed by atoms with Crippen molar-refractivity contribution in [2.24, 2.45) is 12.8 Å². The molecule has 5 heteroatoms. The number of rotatable bonds is 4. The summed E-state index contributed by atoms with van der Waals surface area (Å²) >= 11 is 0. The monoisotopic (exact) mass is 293 g/mol. The molecule has 1 saturated heterocycles. The molecule has 0 saturated carbocycles. The minimum atomic E-state index is 0.162. The lowest BCUT2D eigenvalue weighted by atomic mass is 9.97. The summed E-state index contributed by atoms with van der Waals surface area (Å²) in [5.41, 5.74) is 7.92.